The van der Waals surface area contributed by atoms with Crippen molar-refractivity contribution in [2.24, 2.45) is 0 Å². The minimum Gasteiger partial charge on any atom is -0.497 e. The van der Waals surface area contributed by atoms with Crippen LogP contribution in [0.4, 0.5) is 5.69 Å². The van der Waals surface area contributed by atoms with Crippen molar-refractivity contribution >= 4 is 23.2 Å². The molecule has 0 radical (unpaired) electrons. The van der Waals surface area contributed by atoms with Gasteiger partial charge in [0.25, 0.3) is 5.91 Å². The number of benzene rings is 2. The van der Waals surface area contributed by atoms with Gasteiger partial charge in [0.2, 0.25) is 0 Å². The van der Waals surface area contributed by atoms with Gasteiger partial charge in [0.15, 0.2) is 6.10 Å². The third-order valence-electron chi connectivity index (χ3n) is 3.11. The summed E-state index contributed by atoms with van der Waals surface area (Å²) in [6, 6.07) is 14.2. The molecular formula is C17H18ClNO3. The lowest BCUT2D eigenvalue weighted by Crippen LogP contribution is -2.32. The first-order valence-corrected chi connectivity index (χ1v) is 7.38. The normalized spacial score (nSPS) is 11.6. The Hall–Kier alpha value is -2.20. The molecule has 2 aromatic carbocycles. The molecule has 0 saturated carbocycles. The Morgan fingerprint density at radius 1 is 1.18 bits per heavy atom. The Kier molecular flexibility index (Phi) is 5.67. The van der Waals surface area contributed by atoms with Crippen LogP contribution in [0.1, 0.15) is 13.3 Å². The smallest absolute Gasteiger partial charge is 0.265 e. The summed E-state index contributed by atoms with van der Waals surface area (Å²) in [7, 11) is 1.58. The highest BCUT2D eigenvalue weighted by Gasteiger charge is 2.19. The zero-order valence-corrected chi connectivity index (χ0v) is 13.3. The van der Waals surface area contributed by atoms with Gasteiger partial charge in [-0.25, -0.2) is 0 Å². The van der Waals surface area contributed by atoms with Gasteiger partial charge >= 0.3 is 0 Å². The lowest BCUT2D eigenvalue weighted by Gasteiger charge is -2.18. The maximum atomic E-state index is 12.3. The molecule has 1 N–H and O–H groups in total. The topological polar surface area (TPSA) is 47.6 Å². The zero-order valence-electron chi connectivity index (χ0n) is 12.5. The molecule has 0 unspecified atom stereocenters. The maximum Gasteiger partial charge on any atom is 0.265 e. The minimum atomic E-state index is -0.608. The molecule has 1 amide bonds. The molecular weight excluding hydrogens is 302 g/mol. The molecule has 5 heteroatoms. The average Bonchev–Trinajstić information content (AvgIpc) is 2.54. The molecule has 0 heterocycles. The number of amides is 1. The molecule has 0 aliphatic heterocycles. The van der Waals surface area contributed by atoms with Gasteiger partial charge < -0.3 is 14.8 Å². The number of para-hydroxylation sites is 1. The summed E-state index contributed by atoms with van der Waals surface area (Å²) in [5.74, 6) is 1.03. The molecule has 0 saturated heterocycles. The fraction of sp³-hybridized carbons (Fsp3) is 0.235. The van der Waals surface area contributed by atoms with Crippen LogP contribution in [0, 0.1) is 0 Å². The number of hydrogen-bond acceptors (Lipinski definition) is 3. The zero-order chi connectivity index (χ0) is 15.9. The summed E-state index contributed by atoms with van der Waals surface area (Å²) < 4.78 is 10.9. The number of methoxy groups -OCH3 is 1. The van der Waals surface area contributed by atoms with Crippen LogP contribution < -0.4 is 14.8 Å². The van der Waals surface area contributed by atoms with Crippen molar-refractivity contribution in [3.63, 3.8) is 0 Å². The van der Waals surface area contributed by atoms with E-state index >= 15 is 0 Å². The van der Waals surface area contributed by atoms with E-state index in [9.17, 15) is 4.79 Å². The van der Waals surface area contributed by atoms with Crippen LogP contribution in [-0.2, 0) is 4.79 Å². The fourth-order valence-electron chi connectivity index (χ4n) is 1.94. The van der Waals surface area contributed by atoms with E-state index < -0.39 is 6.10 Å². The summed E-state index contributed by atoms with van der Waals surface area (Å²) >= 11 is 6.04. The van der Waals surface area contributed by atoms with Crippen molar-refractivity contribution in [3.8, 4) is 11.5 Å². The van der Waals surface area contributed by atoms with Gasteiger partial charge in [-0.15, -0.1) is 0 Å². The van der Waals surface area contributed by atoms with E-state index in [1.165, 1.54) is 0 Å². The second kappa shape index (κ2) is 7.71. The standard InChI is InChI=1S/C17H18ClNO3/c1-3-16(22-13-8-6-7-12(11-13)21-2)17(20)19-15-10-5-4-9-14(15)18/h4-11,16H,3H2,1-2H3,(H,19,20)/t16-/m0/s1. The van der Waals surface area contributed by atoms with Gasteiger partial charge in [-0.2, -0.15) is 0 Å². The lowest BCUT2D eigenvalue weighted by atomic mass is 10.2. The first-order valence-electron chi connectivity index (χ1n) is 7.00. The molecule has 0 aromatic heterocycles. The molecule has 0 spiro atoms. The summed E-state index contributed by atoms with van der Waals surface area (Å²) in [6.07, 6.45) is -0.0728. The van der Waals surface area contributed by atoms with Crippen LogP contribution >= 0.6 is 11.6 Å². The SMILES string of the molecule is CC[C@H](Oc1cccc(OC)c1)C(=O)Nc1ccccc1Cl. The van der Waals surface area contributed by atoms with Crippen molar-refractivity contribution in [1.82, 2.24) is 0 Å². The molecule has 22 heavy (non-hydrogen) atoms. The van der Waals surface area contributed by atoms with E-state index in [-0.39, 0.29) is 5.91 Å². The molecule has 2 aromatic rings. The Morgan fingerprint density at radius 2 is 1.91 bits per heavy atom. The Balaban J connectivity index is 2.07. The van der Waals surface area contributed by atoms with E-state index in [0.717, 1.165) is 0 Å². The highest BCUT2D eigenvalue weighted by molar-refractivity contribution is 6.33. The highest BCUT2D eigenvalue weighted by atomic mass is 35.5. The van der Waals surface area contributed by atoms with Gasteiger partial charge in [-0.3, -0.25) is 4.79 Å². The van der Waals surface area contributed by atoms with E-state index in [0.29, 0.717) is 28.6 Å². The number of nitrogens with one attached hydrogen (secondary N) is 1. The van der Waals surface area contributed by atoms with Gasteiger partial charge in [0, 0.05) is 6.07 Å². The van der Waals surface area contributed by atoms with Crippen LogP contribution in [0.15, 0.2) is 48.5 Å². The number of carbonyl (C=O) groups is 1. The van der Waals surface area contributed by atoms with Crippen LogP contribution in [-0.4, -0.2) is 19.1 Å². The summed E-state index contributed by atoms with van der Waals surface area (Å²) in [5, 5.41) is 3.28. The van der Waals surface area contributed by atoms with E-state index in [1.807, 2.05) is 31.2 Å². The molecule has 0 aliphatic carbocycles. The Morgan fingerprint density at radius 3 is 2.59 bits per heavy atom. The maximum absolute atomic E-state index is 12.3. The highest BCUT2D eigenvalue weighted by Crippen LogP contribution is 2.23. The monoisotopic (exact) mass is 319 g/mol. The minimum absolute atomic E-state index is 0.238. The first kappa shape index (κ1) is 16.2. The predicted octanol–water partition coefficient (Wildman–Crippen LogP) is 4.14. The average molecular weight is 320 g/mol. The quantitative estimate of drug-likeness (QED) is 0.870. The second-order valence-corrected chi connectivity index (χ2v) is 5.07. The molecule has 2 rings (SSSR count). The van der Waals surface area contributed by atoms with Crippen molar-refractivity contribution in [2.75, 3.05) is 12.4 Å². The van der Waals surface area contributed by atoms with Gasteiger partial charge in [0.05, 0.1) is 17.8 Å². The fourth-order valence-corrected chi connectivity index (χ4v) is 2.12. The van der Waals surface area contributed by atoms with Crippen molar-refractivity contribution in [1.29, 1.82) is 0 Å². The summed E-state index contributed by atoms with van der Waals surface area (Å²) in [5.41, 5.74) is 0.571. The molecule has 1 atom stereocenters. The summed E-state index contributed by atoms with van der Waals surface area (Å²) in [4.78, 5) is 12.3. The molecule has 4 nitrogen and oxygen atoms in total. The third-order valence-corrected chi connectivity index (χ3v) is 3.44. The number of anilines is 1. The molecule has 0 aliphatic rings. The van der Waals surface area contributed by atoms with Crippen molar-refractivity contribution < 1.29 is 14.3 Å². The number of hydrogen-bond donors (Lipinski definition) is 1. The van der Waals surface area contributed by atoms with E-state index in [1.54, 1.807) is 31.4 Å². The van der Waals surface area contributed by atoms with Crippen LogP contribution in [0.3, 0.4) is 0 Å². The first-order chi connectivity index (χ1) is 10.6. The number of rotatable bonds is 6. The van der Waals surface area contributed by atoms with Crippen molar-refractivity contribution in [3.05, 3.63) is 53.6 Å². The Labute approximate surface area is 135 Å². The number of carbonyl (C=O) groups excluding carboxylic acids is 1. The van der Waals surface area contributed by atoms with Crippen LogP contribution in [0.25, 0.3) is 0 Å². The van der Waals surface area contributed by atoms with Gasteiger partial charge in [-0.05, 0) is 30.7 Å². The predicted molar refractivity (Wildman–Crippen MR) is 87.8 cm³/mol. The largest absolute Gasteiger partial charge is 0.497 e. The molecule has 0 fully saturated rings. The Bertz CT molecular complexity index is 645. The third kappa shape index (κ3) is 4.15. The van der Waals surface area contributed by atoms with E-state index in [4.69, 9.17) is 21.1 Å². The second-order valence-electron chi connectivity index (χ2n) is 4.66. The van der Waals surface area contributed by atoms with Gasteiger partial charge in [-0.1, -0.05) is 36.7 Å². The number of halogens is 1. The lowest BCUT2D eigenvalue weighted by molar-refractivity contribution is -0.122. The summed E-state index contributed by atoms with van der Waals surface area (Å²) in [6.45, 7) is 1.89. The van der Waals surface area contributed by atoms with Crippen LogP contribution in [0.2, 0.25) is 5.02 Å². The van der Waals surface area contributed by atoms with Crippen molar-refractivity contribution in [2.45, 2.75) is 19.4 Å². The number of ether oxygens (including phenoxy) is 2. The molecule has 116 valence electrons. The van der Waals surface area contributed by atoms with Crippen LogP contribution in [0.5, 0.6) is 11.5 Å². The van der Waals surface area contributed by atoms with Gasteiger partial charge in [0.1, 0.15) is 11.5 Å². The van der Waals surface area contributed by atoms with E-state index in [2.05, 4.69) is 5.32 Å². The molecule has 0 bridgehead atoms.